The molecule has 0 spiro atoms. The Labute approximate surface area is 151 Å². The van der Waals surface area contributed by atoms with Gasteiger partial charge < -0.3 is 10.0 Å². The minimum absolute atomic E-state index is 0.0271. The molecule has 144 valence electrons. The quantitative estimate of drug-likeness (QED) is 0.845. The first-order valence-electron chi connectivity index (χ1n) is 8.37. The van der Waals surface area contributed by atoms with E-state index in [1.807, 2.05) is 20.8 Å². The molecule has 1 aromatic carbocycles. The molecule has 3 rings (SSSR count). The van der Waals surface area contributed by atoms with E-state index in [1.54, 1.807) is 0 Å². The molecule has 0 aliphatic carbocycles. The molecule has 2 aliphatic rings. The highest BCUT2D eigenvalue weighted by atomic mass is 32.2. The normalized spacial score (nSPS) is 27.0. The molecule has 2 atom stereocenters. The number of carbonyl (C=O) groups is 1. The molecular weight excluding hydrogens is 366 g/mol. The first-order valence-corrected chi connectivity index (χ1v) is 9.81. The second-order valence-corrected chi connectivity index (χ2v) is 9.86. The molecule has 1 amide bonds. The largest absolute Gasteiger partial charge is 0.465 e. The summed E-state index contributed by atoms with van der Waals surface area (Å²) in [5, 5.41) is 9.42. The zero-order valence-corrected chi connectivity index (χ0v) is 15.7. The van der Waals surface area contributed by atoms with Crippen LogP contribution in [0.5, 0.6) is 0 Å². The maximum absolute atomic E-state index is 13.6. The number of carboxylic acid groups (broad SMARTS) is 1. The third kappa shape index (κ3) is 2.77. The minimum atomic E-state index is -4.20. The lowest BCUT2D eigenvalue weighted by atomic mass is 9.72. The number of sulfonamides is 1. The summed E-state index contributed by atoms with van der Waals surface area (Å²) in [5.74, 6) is -1.94. The van der Waals surface area contributed by atoms with Crippen LogP contribution in [0.25, 0.3) is 0 Å². The van der Waals surface area contributed by atoms with Crippen LogP contribution in [0, 0.1) is 17.0 Å². The van der Waals surface area contributed by atoms with Gasteiger partial charge in [-0.15, -0.1) is 0 Å². The molecule has 1 aromatic rings. The standard InChI is InChI=1S/C17H22F2N2O4S/c1-16(2,3)17-5-4-13(9-20(10-17)15(22)23)21(17)26(24,25)14-7-11(18)6-12(19)8-14/h6-8,13H,4-5,9-10H2,1-3H3,(H,22,23). The van der Waals surface area contributed by atoms with E-state index in [2.05, 4.69) is 0 Å². The number of rotatable bonds is 2. The van der Waals surface area contributed by atoms with Crippen molar-refractivity contribution in [2.45, 2.75) is 50.1 Å². The van der Waals surface area contributed by atoms with E-state index in [-0.39, 0.29) is 13.1 Å². The number of nitrogens with zero attached hydrogens (tertiary/aromatic N) is 2. The average Bonchev–Trinajstić information content (AvgIpc) is 2.75. The van der Waals surface area contributed by atoms with Gasteiger partial charge in [-0.2, -0.15) is 4.31 Å². The lowest BCUT2D eigenvalue weighted by molar-refractivity contribution is -0.00388. The van der Waals surface area contributed by atoms with Gasteiger partial charge in [0.25, 0.3) is 0 Å². The van der Waals surface area contributed by atoms with Crippen LogP contribution in [0.2, 0.25) is 0 Å². The van der Waals surface area contributed by atoms with Gasteiger partial charge in [0, 0.05) is 25.2 Å². The number of halogens is 2. The molecular formula is C17H22F2N2O4S. The Morgan fingerprint density at radius 3 is 2.31 bits per heavy atom. The van der Waals surface area contributed by atoms with Crippen LogP contribution < -0.4 is 0 Å². The Hall–Kier alpha value is -1.74. The van der Waals surface area contributed by atoms with Gasteiger partial charge in [-0.1, -0.05) is 20.8 Å². The highest BCUT2D eigenvalue weighted by Crippen LogP contribution is 2.51. The monoisotopic (exact) mass is 388 g/mol. The predicted molar refractivity (Wildman–Crippen MR) is 90.2 cm³/mol. The van der Waals surface area contributed by atoms with Crippen molar-refractivity contribution in [1.29, 1.82) is 0 Å². The molecule has 2 heterocycles. The first kappa shape index (κ1) is 19.0. The van der Waals surface area contributed by atoms with E-state index in [4.69, 9.17) is 0 Å². The van der Waals surface area contributed by atoms with Crippen molar-refractivity contribution in [2.24, 2.45) is 5.41 Å². The van der Waals surface area contributed by atoms with Crippen LogP contribution in [0.15, 0.2) is 23.1 Å². The van der Waals surface area contributed by atoms with Crippen molar-refractivity contribution >= 4 is 16.1 Å². The number of piperazine rings is 1. The summed E-state index contributed by atoms with van der Waals surface area (Å²) in [6, 6.07) is 1.67. The molecule has 0 radical (unpaired) electrons. The van der Waals surface area contributed by atoms with Crippen molar-refractivity contribution in [3.63, 3.8) is 0 Å². The summed E-state index contributed by atoms with van der Waals surface area (Å²) < 4.78 is 55.2. The Kier molecular flexibility index (Phi) is 4.31. The summed E-state index contributed by atoms with van der Waals surface area (Å²) in [6.45, 7) is 5.64. The first-order chi connectivity index (χ1) is 11.9. The van der Waals surface area contributed by atoms with Gasteiger partial charge in [0.2, 0.25) is 10.0 Å². The average molecular weight is 388 g/mol. The minimum Gasteiger partial charge on any atom is -0.465 e. The number of benzene rings is 1. The van der Waals surface area contributed by atoms with Crippen molar-refractivity contribution in [2.75, 3.05) is 13.1 Å². The summed E-state index contributed by atoms with van der Waals surface area (Å²) >= 11 is 0. The Morgan fingerprint density at radius 1 is 1.23 bits per heavy atom. The third-order valence-electron chi connectivity index (χ3n) is 5.59. The molecule has 2 fully saturated rings. The predicted octanol–water partition coefficient (Wildman–Crippen LogP) is 2.90. The molecule has 2 aliphatic heterocycles. The maximum atomic E-state index is 13.6. The van der Waals surface area contributed by atoms with Crippen LogP contribution in [0.1, 0.15) is 33.6 Å². The van der Waals surface area contributed by atoms with Gasteiger partial charge in [-0.3, -0.25) is 0 Å². The number of hydrogen-bond donors (Lipinski definition) is 1. The summed E-state index contributed by atoms with van der Waals surface area (Å²) in [7, 11) is -4.20. The lowest BCUT2D eigenvalue weighted by Gasteiger charge is -2.53. The highest BCUT2D eigenvalue weighted by Gasteiger charge is 2.62. The van der Waals surface area contributed by atoms with E-state index in [1.165, 1.54) is 9.21 Å². The van der Waals surface area contributed by atoms with Crippen LogP contribution in [0.3, 0.4) is 0 Å². The number of fused-ring (bicyclic) bond motifs is 2. The molecule has 2 saturated heterocycles. The van der Waals surface area contributed by atoms with Crippen molar-refractivity contribution in [3.05, 3.63) is 29.8 Å². The van der Waals surface area contributed by atoms with Gasteiger partial charge >= 0.3 is 6.09 Å². The number of likely N-dealkylation sites (tertiary alicyclic amines) is 1. The molecule has 0 aromatic heterocycles. The lowest BCUT2D eigenvalue weighted by Crippen LogP contribution is -2.68. The van der Waals surface area contributed by atoms with Gasteiger partial charge in [-0.05, 0) is 30.4 Å². The van der Waals surface area contributed by atoms with Crippen LogP contribution in [0.4, 0.5) is 13.6 Å². The Morgan fingerprint density at radius 2 is 1.81 bits per heavy atom. The van der Waals surface area contributed by atoms with Crippen molar-refractivity contribution in [1.82, 2.24) is 9.21 Å². The fraction of sp³-hybridized carbons (Fsp3) is 0.588. The summed E-state index contributed by atoms with van der Waals surface area (Å²) in [6.07, 6.45) is -0.112. The van der Waals surface area contributed by atoms with E-state index in [9.17, 15) is 27.1 Å². The van der Waals surface area contributed by atoms with E-state index in [0.29, 0.717) is 18.9 Å². The van der Waals surface area contributed by atoms with Crippen LogP contribution in [-0.4, -0.2) is 53.5 Å². The highest BCUT2D eigenvalue weighted by molar-refractivity contribution is 7.89. The second kappa shape index (κ2) is 5.88. The maximum Gasteiger partial charge on any atom is 0.407 e. The second-order valence-electron chi connectivity index (χ2n) is 8.04. The molecule has 2 bridgehead atoms. The van der Waals surface area contributed by atoms with Gasteiger partial charge in [0.15, 0.2) is 0 Å². The fourth-order valence-electron chi connectivity index (χ4n) is 4.24. The van der Waals surface area contributed by atoms with Crippen molar-refractivity contribution < 1.29 is 27.1 Å². The van der Waals surface area contributed by atoms with Gasteiger partial charge in [0.1, 0.15) is 11.6 Å². The zero-order chi connectivity index (χ0) is 19.5. The fourth-order valence-corrected chi connectivity index (χ4v) is 6.43. The Balaban J connectivity index is 2.15. The number of amides is 1. The zero-order valence-electron chi connectivity index (χ0n) is 14.9. The molecule has 6 nitrogen and oxygen atoms in total. The smallest absolute Gasteiger partial charge is 0.407 e. The van der Waals surface area contributed by atoms with E-state index in [0.717, 1.165) is 12.1 Å². The van der Waals surface area contributed by atoms with Gasteiger partial charge in [0.05, 0.1) is 10.4 Å². The van der Waals surface area contributed by atoms with Crippen molar-refractivity contribution in [3.8, 4) is 0 Å². The SMILES string of the molecule is CC(C)(C)C12CCC(CN(C(=O)O)C1)N2S(=O)(=O)c1cc(F)cc(F)c1. The molecule has 2 unspecified atom stereocenters. The van der Waals surface area contributed by atoms with Crippen LogP contribution >= 0.6 is 0 Å². The molecule has 0 saturated carbocycles. The van der Waals surface area contributed by atoms with Crippen LogP contribution in [-0.2, 0) is 10.0 Å². The molecule has 1 N–H and O–H groups in total. The summed E-state index contributed by atoms with van der Waals surface area (Å²) in [4.78, 5) is 12.3. The van der Waals surface area contributed by atoms with Gasteiger partial charge in [-0.25, -0.2) is 22.0 Å². The van der Waals surface area contributed by atoms with E-state index >= 15 is 0 Å². The number of hydrogen-bond acceptors (Lipinski definition) is 3. The third-order valence-corrected chi connectivity index (χ3v) is 7.58. The molecule has 9 heteroatoms. The molecule has 26 heavy (non-hydrogen) atoms. The topological polar surface area (TPSA) is 77.9 Å². The Bertz CT molecular complexity index is 833. The van der Waals surface area contributed by atoms with E-state index < -0.39 is 49.6 Å². The summed E-state index contributed by atoms with van der Waals surface area (Å²) in [5.41, 5.74) is -1.55.